The van der Waals surface area contributed by atoms with Crippen molar-refractivity contribution < 1.29 is 0 Å². The lowest BCUT2D eigenvalue weighted by molar-refractivity contribution is 0.257. The summed E-state index contributed by atoms with van der Waals surface area (Å²) >= 11 is 0. The third-order valence-corrected chi connectivity index (χ3v) is 5.53. The van der Waals surface area contributed by atoms with Crippen LogP contribution in [0, 0.1) is 11.3 Å². The molecule has 1 saturated heterocycles. The highest BCUT2D eigenvalue weighted by Crippen LogP contribution is 2.31. The van der Waals surface area contributed by atoms with E-state index in [1.165, 1.54) is 32.1 Å². The van der Waals surface area contributed by atoms with E-state index in [9.17, 15) is 0 Å². The normalized spacial score (nSPS) is 22.9. The number of hydrogen-bond donors (Lipinski definition) is 2. The first-order chi connectivity index (χ1) is 10.2. The Balaban J connectivity index is 1.50. The second-order valence-electron chi connectivity index (χ2n) is 7.27. The summed E-state index contributed by atoms with van der Waals surface area (Å²) in [6, 6.07) is 0. The first-order valence-electron chi connectivity index (χ1n) is 8.55. The van der Waals surface area contributed by atoms with E-state index in [4.69, 9.17) is 10.7 Å². The van der Waals surface area contributed by atoms with Gasteiger partial charge in [-0.1, -0.05) is 32.6 Å². The van der Waals surface area contributed by atoms with Crippen molar-refractivity contribution in [1.82, 2.24) is 15.2 Å². The second kappa shape index (κ2) is 6.34. The van der Waals surface area contributed by atoms with E-state index < -0.39 is 0 Å². The van der Waals surface area contributed by atoms with Crippen LogP contribution in [0.3, 0.4) is 0 Å². The smallest absolute Gasteiger partial charge is 0.244 e. The molecule has 3 rings (SSSR count). The Kier molecular flexibility index (Phi) is 4.48. The standard InChI is InChI=1S/C16H29N5/c1-16(12-17)8-10-21(11-9-16)15-18-14(19-20-15)7-6-13-4-2-3-5-13/h13H,2-12,17H2,1H3,(H,18,19,20). The van der Waals surface area contributed by atoms with E-state index >= 15 is 0 Å². The van der Waals surface area contributed by atoms with E-state index in [1.54, 1.807) is 0 Å². The predicted molar refractivity (Wildman–Crippen MR) is 85.3 cm³/mol. The number of anilines is 1. The van der Waals surface area contributed by atoms with Crippen molar-refractivity contribution in [2.45, 2.75) is 58.3 Å². The van der Waals surface area contributed by atoms with Gasteiger partial charge in [0.1, 0.15) is 5.82 Å². The molecule has 1 aromatic heterocycles. The number of nitrogens with one attached hydrogen (secondary N) is 1. The van der Waals surface area contributed by atoms with Gasteiger partial charge in [0.05, 0.1) is 0 Å². The van der Waals surface area contributed by atoms with E-state index in [-0.39, 0.29) is 0 Å². The molecular weight excluding hydrogens is 262 g/mol. The molecule has 1 aromatic rings. The molecule has 0 unspecified atom stereocenters. The maximum absolute atomic E-state index is 5.87. The number of piperidine rings is 1. The summed E-state index contributed by atoms with van der Waals surface area (Å²) in [6.07, 6.45) is 10.2. The maximum atomic E-state index is 5.87. The molecule has 1 saturated carbocycles. The van der Waals surface area contributed by atoms with E-state index in [0.717, 1.165) is 56.6 Å². The van der Waals surface area contributed by atoms with Crippen LogP contribution in [0.1, 0.15) is 57.7 Å². The lowest BCUT2D eigenvalue weighted by Gasteiger charge is -2.38. The molecule has 0 amide bonds. The monoisotopic (exact) mass is 291 g/mol. The Morgan fingerprint density at radius 3 is 2.67 bits per heavy atom. The molecule has 0 spiro atoms. The molecule has 1 aliphatic heterocycles. The molecule has 2 fully saturated rings. The molecule has 1 aliphatic carbocycles. The van der Waals surface area contributed by atoms with Gasteiger partial charge in [0.2, 0.25) is 5.95 Å². The third kappa shape index (κ3) is 3.57. The molecule has 3 N–H and O–H groups in total. The third-order valence-electron chi connectivity index (χ3n) is 5.53. The van der Waals surface area contributed by atoms with Crippen molar-refractivity contribution in [2.24, 2.45) is 17.1 Å². The van der Waals surface area contributed by atoms with Crippen molar-refractivity contribution in [2.75, 3.05) is 24.5 Å². The number of nitrogens with zero attached hydrogens (tertiary/aromatic N) is 3. The zero-order chi connectivity index (χ0) is 14.7. The molecule has 0 atom stereocenters. The van der Waals surface area contributed by atoms with Crippen molar-refractivity contribution in [3.8, 4) is 0 Å². The Hall–Kier alpha value is -1.10. The van der Waals surface area contributed by atoms with Crippen LogP contribution in [0.5, 0.6) is 0 Å². The number of H-pyrrole nitrogens is 1. The zero-order valence-corrected chi connectivity index (χ0v) is 13.3. The summed E-state index contributed by atoms with van der Waals surface area (Å²) in [4.78, 5) is 7.00. The molecule has 5 heteroatoms. The van der Waals surface area contributed by atoms with Gasteiger partial charge in [-0.05, 0) is 37.1 Å². The lowest BCUT2D eigenvalue weighted by Crippen LogP contribution is -2.42. The van der Waals surface area contributed by atoms with Crippen LogP contribution in [-0.2, 0) is 6.42 Å². The Labute approximate surface area is 127 Å². The number of nitrogens with two attached hydrogens (primary N) is 1. The first-order valence-corrected chi connectivity index (χ1v) is 8.55. The van der Waals surface area contributed by atoms with Crippen LogP contribution < -0.4 is 10.6 Å². The molecular formula is C16H29N5. The van der Waals surface area contributed by atoms with Gasteiger partial charge in [0.25, 0.3) is 0 Å². The van der Waals surface area contributed by atoms with Gasteiger partial charge >= 0.3 is 0 Å². The van der Waals surface area contributed by atoms with Crippen molar-refractivity contribution >= 4 is 5.95 Å². The number of rotatable bonds is 5. The molecule has 5 nitrogen and oxygen atoms in total. The summed E-state index contributed by atoms with van der Waals surface area (Å²) in [5.41, 5.74) is 6.17. The summed E-state index contributed by atoms with van der Waals surface area (Å²) in [7, 11) is 0. The summed E-state index contributed by atoms with van der Waals surface area (Å²) in [6.45, 7) is 5.11. The number of hydrogen-bond acceptors (Lipinski definition) is 4. The molecule has 0 bridgehead atoms. The summed E-state index contributed by atoms with van der Waals surface area (Å²) < 4.78 is 0. The van der Waals surface area contributed by atoms with Gasteiger partial charge < -0.3 is 10.6 Å². The molecule has 21 heavy (non-hydrogen) atoms. The van der Waals surface area contributed by atoms with E-state index in [2.05, 4.69) is 22.0 Å². The number of aromatic amines is 1. The first kappa shape index (κ1) is 14.8. The minimum Gasteiger partial charge on any atom is -0.340 e. The van der Waals surface area contributed by atoms with Crippen molar-refractivity contribution in [3.05, 3.63) is 5.82 Å². The Morgan fingerprint density at radius 1 is 1.29 bits per heavy atom. The molecule has 0 aromatic carbocycles. The van der Waals surface area contributed by atoms with Crippen LogP contribution in [0.2, 0.25) is 0 Å². The fourth-order valence-corrected chi connectivity index (χ4v) is 3.63. The van der Waals surface area contributed by atoms with Gasteiger partial charge in [0.15, 0.2) is 0 Å². The maximum Gasteiger partial charge on any atom is 0.244 e. The highest BCUT2D eigenvalue weighted by atomic mass is 15.4. The van der Waals surface area contributed by atoms with E-state index in [1.807, 2.05) is 0 Å². The molecule has 2 aliphatic rings. The largest absolute Gasteiger partial charge is 0.340 e. The van der Waals surface area contributed by atoms with Gasteiger partial charge in [-0.2, -0.15) is 4.98 Å². The predicted octanol–water partition coefficient (Wildman–Crippen LogP) is 2.49. The van der Waals surface area contributed by atoms with Gasteiger partial charge in [0, 0.05) is 19.5 Å². The van der Waals surface area contributed by atoms with Crippen molar-refractivity contribution in [3.63, 3.8) is 0 Å². The lowest BCUT2D eigenvalue weighted by atomic mass is 9.81. The number of aromatic nitrogens is 3. The highest BCUT2D eigenvalue weighted by molar-refractivity contribution is 5.29. The average Bonchev–Trinajstić information content (AvgIpc) is 3.17. The molecule has 0 radical (unpaired) electrons. The average molecular weight is 291 g/mol. The summed E-state index contributed by atoms with van der Waals surface area (Å²) in [5, 5.41) is 7.55. The fourth-order valence-electron chi connectivity index (χ4n) is 3.63. The fraction of sp³-hybridized carbons (Fsp3) is 0.875. The second-order valence-corrected chi connectivity index (χ2v) is 7.27. The van der Waals surface area contributed by atoms with Crippen LogP contribution in [0.25, 0.3) is 0 Å². The quantitative estimate of drug-likeness (QED) is 0.874. The molecule has 118 valence electrons. The zero-order valence-electron chi connectivity index (χ0n) is 13.3. The minimum atomic E-state index is 0.304. The van der Waals surface area contributed by atoms with Crippen LogP contribution in [-0.4, -0.2) is 34.8 Å². The van der Waals surface area contributed by atoms with Gasteiger partial charge in [-0.15, -0.1) is 5.10 Å². The van der Waals surface area contributed by atoms with Gasteiger partial charge in [-0.25, -0.2) is 0 Å². The summed E-state index contributed by atoms with van der Waals surface area (Å²) in [5.74, 6) is 2.86. The highest BCUT2D eigenvalue weighted by Gasteiger charge is 2.30. The van der Waals surface area contributed by atoms with Crippen molar-refractivity contribution in [1.29, 1.82) is 0 Å². The topological polar surface area (TPSA) is 70.8 Å². The minimum absolute atomic E-state index is 0.304. The Morgan fingerprint density at radius 2 is 2.00 bits per heavy atom. The van der Waals surface area contributed by atoms with Gasteiger partial charge in [-0.3, -0.25) is 5.10 Å². The Bertz CT molecular complexity index is 441. The number of aryl methyl sites for hydroxylation is 1. The van der Waals surface area contributed by atoms with E-state index in [0.29, 0.717) is 5.41 Å². The SMILES string of the molecule is CC1(CN)CCN(c2n[nH]c(CCC3CCCC3)n2)CC1. The van der Waals surface area contributed by atoms with Crippen LogP contribution in [0.15, 0.2) is 0 Å². The van der Waals surface area contributed by atoms with Crippen LogP contribution >= 0.6 is 0 Å². The molecule has 2 heterocycles. The van der Waals surface area contributed by atoms with Crippen LogP contribution in [0.4, 0.5) is 5.95 Å².